The minimum absolute atomic E-state index is 0.122. The van der Waals surface area contributed by atoms with E-state index in [4.69, 9.17) is 0 Å². The van der Waals surface area contributed by atoms with Crippen LogP contribution in [0.25, 0.3) is 0 Å². The van der Waals surface area contributed by atoms with Gasteiger partial charge < -0.3 is 9.88 Å². The third kappa shape index (κ3) is 1.87. The summed E-state index contributed by atoms with van der Waals surface area (Å²) in [6.07, 6.45) is 1.18. The lowest BCUT2D eigenvalue weighted by atomic mass is 10.1. The Balaban J connectivity index is 2.19. The first kappa shape index (κ1) is 9.46. The highest BCUT2D eigenvalue weighted by molar-refractivity contribution is 5.04. The van der Waals surface area contributed by atoms with Gasteiger partial charge >= 0.3 is 0 Å². The predicted octanol–water partition coefficient (Wildman–Crippen LogP) is 0.766. The maximum atomic E-state index is 11.6. The van der Waals surface area contributed by atoms with Crippen molar-refractivity contribution in [1.29, 1.82) is 0 Å². The van der Waals surface area contributed by atoms with Gasteiger partial charge in [0, 0.05) is 18.3 Å². The molecule has 1 aliphatic rings. The van der Waals surface area contributed by atoms with E-state index in [0.29, 0.717) is 5.92 Å². The third-order valence-corrected chi connectivity index (χ3v) is 2.87. The summed E-state index contributed by atoms with van der Waals surface area (Å²) in [7, 11) is 0. The van der Waals surface area contributed by atoms with Crippen molar-refractivity contribution in [3.63, 3.8) is 0 Å². The van der Waals surface area contributed by atoms with Crippen LogP contribution in [-0.4, -0.2) is 17.7 Å². The zero-order valence-corrected chi connectivity index (χ0v) is 8.49. The van der Waals surface area contributed by atoms with Crippen molar-refractivity contribution in [1.82, 2.24) is 9.88 Å². The number of nitrogens with zero attached hydrogens (tertiary/aromatic N) is 1. The number of rotatable bonds is 2. The molecule has 0 spiro atoms. The fourth-order valence-corrected chi connectivity index (χ4v) is 1.99. The molecule has 1 aromatic heterocycles. The minimum atomic E-state index is 0.122. The molecule has 0 amide bonds. The van der Waals surface area contributed by atoms with Gasteiger partial charge in [-0.25, -0.2) is 0 Å². The van der Waals surface area contributed by atoms with Gasteiger partial charge in [0.25, 0.3) is 5.56 Å². The number of pyridine rings is 1. The van der Waals surface area contributed by atoms with Crippen LogP contribution in [0.4, 0.5) is 0 Å². The standard InChI is InChI=1S/C11H16N2O/c1-9-3-2-4-11(14)13(9)8-10-5-6-12-7-10/h2-4,10,12H,5-8H2,1H3. The highest BCUT2D eigenvalue weighted by Crippen LogP contribution is 2.10. The molecule has 1 atom stereocenters. The first-order chi connectivity index (χ1) is 6.77. The van der Waals surface area contributed by atoms with Crippen LogP contribution in [0, 0.1) is 12.8 Å². The van der Waals surface area contributed by atoms with Crippen molar-refractivity contribution in [2.75, 3.05) is 13.1 Å². The molecule has 1 aliphatic heterocycles. The molecular weight excluding hydrogens is 176 g/mol. The van der Waals surface area contributed by atoms with Crippen LogP contribution < -0.4 is 10.9 Å². The monoisotopic (exact) mass is 192 g/mol. The second kappa shape index (κ2) is 3.96. The third-order valence-electron chi connectivity index (χ3n) is 2.87. The summed E-state index contributed by atoms with van der Waals surface area (Å²) in [5.74, 6) is 0.619. The van der Waals surface area contributed by atoms with Gasteiger partial charge in [-0.3, -0.25) is 4.79 Å². The molecule has 1 aromatic rings. The largest absolute Gasteiger partial charge is 0.316 e. The van der Waals surface area contributed by atoms with Gasteiger partial charge in [-0.1, -0.05) is 6.07 Å². The Labute approximate surface area is 83.8 Å². The first-order valence-corrected chi connectivity index (χ1v) is 5.14. The van der Waals surface area contributed by atoms with Crippen LogP contribution in [-0.2, 0) is 6.54 Å². The zero-order chi connectivity index (χ0) is 9.97. The molecule has 0 aliphatic carbocycles. The molecule has 1 fully saturated rings. The highest BCUT2D eigenvalue weighted by atomic mass is 16.1. The molecule has 0 bridgehead atoms. The Morgan fingerprint density at radius 3 is 3.07 bits per heavy atom. The summed E-state index contributed by atoms with van der Waals surface area (Å²) < 4.78 is 1.87. The van der Waals surface area contributed by atoms with Crippen molar-refractivity contribution >= 4 is 0 Å². The van der Waals surface area contributed by atoms with Crippen LogP contribution in [0.1, 0.15) is 12.1 Å². The molecule has 3 nitrogen and oxygen atoms in total. The smallest absolute Gasteiger partial charge is 0.250 e. The van der Waals surface area contributed by atoms with Gasteiger partial charge in [0.1, 0.15) is 0 Å². The first-order valence-electron chi connectivity index (χ1n) is 5.14. The fourth-order valence-electron chi connectivity index (χ4n) is 1.99. The normalized spacial score (nSPS) is 21.4. The van der Waals surface area contributed by atoms with Crippen molar-refractivity contribution in [2.24, 2.45) is 5.92 Å². The molecule has 1 N–H and O–H groups in total. The molecule has 1 unspecified atom stereocenters. The molecule has 0 aromatic carbocycles. The Hall–Kier alpha value is -1.09. The number of aryl methyl sites for hydroxylation is 1. The molecule has 3 heteroatoms. The van der Waals surface area contributed by atoms with Gasteiger partial charge in [-0.05, 0) is 38.4 Å². The Kier molecular flexibility index (Phi) is 2.68. The Morgan fingerprint density at radius 1 is 1.57 bits per heavy atom. The summed E-state index contributed by atoms with van der Waals surface area (Å²) in [4.78, 5) is 11.6. The zero-order valence-electron chi connectivity index (χ0n) is 8.49. The Morgan fingerprint density at radius 2 is 2.43 bits per heavy atom. The fraction of sp³-hybridized carbons (Fsp3) is 0.545. The van der Waals surface area contributed by atoms with Gasteiger partial charge in [0.05, 0.1) is 0 Å². The van der Waals surface area contributed by atoms with E-state index in [9.17, 15) is 4.79 Å². The minimum Gasteiger partial charge on any atom is -0.316 e. The molecule has 1 saturated heterocycles. The summed E-state index contributed by atoms with van der Waals surface area (Å²) in [6, 6.07) is 5.44. The lowest BCUT2D eigenvalue weighted by Gasteiger charge is -2.13. The lowest BCUT2D eigenvalue weighted by Crippen LogP contribution is -2.25. The van der Waals surface area contributed by atoms with E-state index in [1.807, 2.05) is 23.6 Å². The number of aromatic nitrogens is 1. The van der Waals surface area contributed by atoms with E-state index in [-0.39, 0.29) is 5.56 Å². The van der Waals surface area contributed by atoms with Crippen LogP contribution in [0.2, 0.25) is 0 Å². The summed E-state index contributed by atoms with van der Waals surface area (Å²) >= 11 is 0. The molecular formula is C11H16N2O. The summed E-state index contributed by atoms with van der Waals surface area (Å²) in [6.45, 7) is 4.98. The predicted molar refractivity (Wildman–Crippen MR) is 56.4 cm³/mol. The van der Waals surface area contributed by atoms with E-state index in [2.05, 4.69) is 5.32 Å². The molecule has 2 rings (SSSR count). The Bertz CT molecular complexity index is 364. The SMILES string of the molecule is Cc1cccc(=O)n1CC1CCNC1. The van der Waals surface area contributed by atoms with Crippen LogP contribution in [0.5, 0.6) is 0 Å². The van der Waals surface area contributed by atoms with Gasteiger partial charge in [-0.15, -0.1) is 0 Å². The highest BCUT2D eigenvalue weighted by Gasteiger charge is 2.15. The molecule has 0 saturated carbocycles. The molecule has 14 heavy (non-hydrogen) atoms. The van der Waals surface area contributed by atoms with E-state index in [1.165, 1.54) is 6.42 Å². The van der Waals surface area contributed by atoms with Gasteiger partial charge in [0.2, 0.25) is 0 Å². The van der Waals surface area contributed by atoms with E-state index in [0.717, 1.165) is 25.3 Å². The van der Waals surface area contributed by atoms with E-state index in [1.54, 1.807) is 6.07 Å². The maximum Gasteiger partial charge on any atom is 0.250 e. The topological polar surface area (TPSA) is 34.0 Å². The average molecular weight is 192 g/mol. The molecule has 76 valence electrons. The van der Waals surface area contributed by atoms with Crippen molar-refractivity contribution in [3.05, 3.63) is 34.2 Å². The average Bonchev–Trinajstić information content (AvgIpc) is 2.64. The number of hydrogen-bond acceptors (Lipinski definition) is 2. The molecule has 2 heterocycles. The summed E-state index contributed by atoms with van der Waals surface area (Å²) in [5.41, 5.74) is 1.18. The second-order valence-corrected chi connectivity index (χ2v) is 3.97. The molecule has 0 radical (unpaired) electrons. The maximum absolute atomic E-state index is 11.6. The summed E-state index contributed by atoms with van der Waals surface area (Å²) in [5, 5.41) is 3.32. The van der Waals surface area contributed by atoms with Gasteiger partial charge in [-0.2, -0.15) is 0 Å². The van der Waals surface area contributed by atoms with Crippen molar-refractivity contribution in [2.45, 2.75) is 19.9 Å². The number of nitrogens with one attached hydrogen (secondary N) is 1. The lowest BCUT2D eigenvalue weighted by molar-refractivity contribution is 0.465. The van der Waals surface area contributed by atoms with Crippen molar-refractivity contribution < 1.29 is 0 Å². The number of hydrogen-bond donors (Lipinski definition) is 1. The van der Waals surface area contributed by atoms with E-state index < -0.39 is 0 Å². The van der Waals surface area contributed by atoms with Crippen LogP contribution in [0.15, 0.2) is 23.0 Å². The van der Waals surface area contributed by atoms with Crippen LogP contribution >= 0.6 is 0 Å². The quantitative estimate of drug-likeness (QED) is 0.751. The van der Waals surface area contributed by atoms with Crippen molar-refractivity contribution in [3.8, 4) is 0 Å². The van der Waals surface area contributed by atoms with E-state index >= 15 is 0 Å². The second-order valence-electron chi connectivity index (χ2n) is 3.97. The van der Waals surface area contributed by atoms with Crippen LogP contribution in [0.3, 0.4) is 0 Å². The van der Waals surface area contributed by atoms with Gasteiger partial charge in [0.15, 0.2) is 0 Å².